The minimum atomic E-state index is -0.469. The third kappa shape index (κ3) is 1.85. The van der Waals surface area contributed by atoms with Crippen LogP contribution in [0.2, 0.25) is 0 Å². The standard InChI is InChI=1S/C10H8FN3O/c11-7-2-1-6(5-8(7)12)9-3-4-10(15)14-13-9/h1-5H,12H2,(H,14,15). The van der Waals surface area contributed by atoms with Crippen molar-refractivity contribution in [3.63, 3.8) is 0 Å². The van der Waals surface area contributed by atoms with Crippen molar-refractivity contribution in [1.82, 2.24) is 10.2 Å². The molecule has 0 aliphatic rings. The summed E-state index contributed by atoms with van der Waals surface area (Å²) in [7, 11) is 0. The lowest BCUT2D eigenvalue weighted by atomic mass is 10.1. The number of rotatable bonds is 1. The molecule has 0 radical (unpaired) electrons. The number of nitrogens with zero attached hydrogens (tertiary/aromatic N) is 1. The molecule has 0 saturated carbocycles. The van der Waals surface area contributed by atoms with Crippen molar-refractivity contribution in [3.8, 4) is 11.3 Å². The summed E-state index contributed by atoms with van der Waals surface area (Å²) in [6.45, 7) is 0. The van der Waals surface area contributed by atoms with Gasteiger partial charge in [-0.2, -0.15) is 5.10 Å². The van der Waals surface area contributed by atoms with Crippen LogP contribution in [0.4, 0.5) is 10.1 Å². The molecule has 4 nitrogen and oxygen atoms in total. The van der Waals surface area contributed by atoms with Gasteiger partial charge >= 0.3 is 0 Å². The van der Waals surface area contributed by atoms with E-state index in [0.717, 1.165) is 0 Å². The smallest absolute Gasteiger partial charge is 0.264 e. The van der Waals surface area contributed by atoms with Crippen LogP contribution in [-0.2, 0) is 0 Å². The highest BCUT2D eigenvalue weighted by molar-refractivity contribution is 5.63. The second kappa shape index (κ2) is 3.53. The zero-order chi connectivity index (χ0) is 10.8. The number of aromatic nitrogens is 2. The minimum absolute atomic E-state index is 0.0560. The highest BCUT2D eigenvalue weighted by Gasteiger charge is 2.03. The first-order valence-electron chi connectivity index (χ1n) is 4.28. The van der Waals surface area contributed by atoms with Gasteiger partial charge in [0.05, 0.1) is 11.4 Å². The molecular formula is C10H8FN3O. The molecule has 0 spiro atoms. The van der Waals surface area contributed by atoms with Crippen molar-refractivity contribution in [3.05, 3.63) is 46.5 Å². The Kier molecular flexibility index (Phi) is 2.21. The van der Waals surface area contributed by atoms with Gasteiger partial charge in [-0.1, -0.05) is 0 Å². The third-order valence-electron chi connectivity index (χ3n) is 1.97. The molecule has 3 N–H and O–H groups in total. The third-order valence-corrected chi connectivity index (χ3v) is 1.97. The van der Waals surface area contributed by atoms with Crippen LogP contribution in [0, 0.1) is 5.82 Å². The molecule has 0 saturated heterocycles. The molecule has 0 fully saturated rings. The van der Waals surface area contributed by atoms with Crippen LogP contribution in [0.1, 0.15) is 0 Å². The average molecular weight is 205 g/mol. The molecule has 15 heavy (non-hydrogen) atoms. The van der Waals surface area contributed by atoms with Crippen LogP contribution in [0.5, 0.6) is 0 Å². The summed E-state index contributed by atoms with van der Waals surface area (Å²) >= 11 is 0. The normalized spacial score (nSPS) is 10.2. The Labute approximate surface area is 84.6 Å². The van der Waals surface area contributed by atoms with Crippen molar-refractivity contribution in [2.75, 3.05) is 5.73 Å². The van der Waals surface area contributed by atoms with Crippen LogP contribution in [0.15, 0.2) is 35.1 Å². The van der Waals surface area contributed by atoms with Crippen molar-refractivity contribution >= 4 is 5.69 Å². The van der Waals surface area contributed by atoms with Gasteiger partial charge in [0, 0.05) is 11.6 Å². The van der Waals surface area contributed by atoms with Crippen LogP contribution in [-0.4, -0.2) is 10.2 Å². The van der Waals surface area contributed by atoms with E-state index >= 15 is 0 Å². The lowest BCUT2D eigenvalue weighted by Crippen LogP contribution is -2.05. The van der Waals surface area contributed by atoms with Crippen LogP contribution in [0.3, 0.4) is 0 Å². The summed E-state index contributed by atoms with van der Waals surface area (Å²) in [4.78, 5) is 10.8. The minimum Gasteiger partial charge on any atom is -0.396 e. The molecule has 2 aromatic rings. The summed E-state index contributed by atoms with van der Waals surface area (Å²) < 4.78 is 12.9. The van der Waals surface area contributed by atoms with E-state index in [2.05, 4.69) is 10.2 Å². The molecule has 76 valence electrons. The fourth-order valence-corrected chi connectivity index (χ4v) is 1.21. The average Bonchev–Trinajstić information content (AvgIpc) is 2.23. The first-order valence-corrected chi connectivity index (χ1v) is 4.28. The van der Waals surface area contributed by atoms with Gasteiger partial charge < -0.3 is 5.73 Å². The van der Waals surface area contributed by atoms with E-state index in [-0.39, 0.29) is 11.2 Å². The molecule has 0 aliphatic carbocycles. The fraction of sp³-hybridized carbons (Fsp3) is 0. The van der Waals surface area contributed by atoms with E-state index in [4.69, 9.17) is 5.73 Å². The Morgan fingerprint density at radius 3 is 2.67 bits per heavy atom. The van der Waals surface area contributed by atoms with Gasteiger partial charge in [0.1, 0.15) is 5.82 Å². The maximum absolute atomic E-state index is 12.9. The second-order valence-electron chi connectivity index (χ2n) is 3.04. The number of hydrogen-bond acceptors (Lipinski definition) is 3. The first kappa shape index (κ1) is 9.39. The van der Waals surface area contributed by atoms with Gasteiger partial charge in [-0.05, 0) is 24.3 Å². The molecule has 0 bridgehead atoms. The highest BCUT2D eigenvalue weighted by Crippen LogP contribution is 2.20. The molecule has 5 heteroatoms. The van der Waals surface area contributed by atoms with Crippen LogP contribution >= 0.6 is 0 Å². The Morgan fingerprint density at radius 2 is 2.07 bits per heavy atom. The Balaban J connectivity index is 2.50. The van der Waals surface area contributed by atoms with Gasteiger partial charge in [0.2, 0.25) is 0 Å². The molecule has 1 heterocycles. The van der Waals surface area contributed by atoms with Gasteiger partial charge in [-0.3, -0.25) is 4.79 Å². The monoisotopic (exact) mass is 205 g/mol. The Bertz CT molecular complexity index is 530. The second-order valence-corrected chi connectivity index (χ2v) is 3.04. The van der Waals surface area contributed by atoms with E-state index in [0.29, 0.717) is 11.3 Å². The van der Waals surface area contributed by atoms with Crippen LogP contribution in [0.25, 0.3) is 11.3 Å². The zero-order valence-electron chi connectivity index (χ0n) is 7.70. The van der Waals surface area contributed by atoms with E-state index in [1.165, 1.54) is 18.2 Å². The largest absolute Gasteiger partial charge is 0.396 e. The molecule has 1 aromatic heterocycles. The predicted octanol–water partition coefficient (Wildman–Crippen LogP) is 1.16. The van der Waals surface area contributed by atoms with Crippen LogP contribution < -0.4 is 11.3 Å². The first-order chi connectivity index (χ1) is 7.16. The summed E-state index contributed by atoms with van der Waals surface area (Å²) in [5, 5.41) is 6.10. The Morgan fingerprint density at radius 1 is 1.27 bits per heavy atom. The fourth-order valence-electron chi connectivity index (χ4n) is 1.21. The lowest BCUT2D eigenvalue weighted by molar-refractivity contribution is 0.632. The summed E-state index contributed by atoms with van der Waals surface area (Å²) in [6, 6.07) is 7.17. The zero-order valence-corrected chi connectivity index (χ0v) is 7.70. The number of anilines is 1. The number of nitrogen functional groups attached to an aromatic ring is 1. The van der Waals surface area contributed by atoms with E-state index in [1.807, 2.05) is 0 Å². The summed E-state index contributed by atoms with van der Waals surface area (Å²) in [5.74, 6) is -0.469. The SMILES string of the molecule is Nc1cc(-c2ccc(=O)[nH]n2)ccc1F. The molecule has 0 aliphatic heterocycles. The summed E-state index contributed by atoms with van der Waals surface area (Å²) in [6.07, 6.45) is 0. The van der Waals surface area contributed by atoms with Gasteiger partial charge in [-0.25, -0.2) is 9.49 Å². The highest BCUT2D eigenvalue weighted by atomic mass is 19.1. The summed E-state index contributed by atoms with van der Waals surface area (Å²) in [5.41, 5.74) is 6.39. The number of halogens is 1. The molecular weight excluding hydrogens is 197 g/mol. The molecule has 2 rings (SSSR count). The number of nitrogens with two attached hydrogens (primary N) is 1. The van der Waals surface area contributed by atoms with Gasteiger partial charge in [-0.15, -0.1) is 0 Å². The molecule has 0 amide bonds. The number of hydrogen-bond donors (Lipinski definition) is 2. The number of benzene rings is 1. The molecule has 0 atom stereocenters. The number of H-pyrrole nitrogens is 1. The van der Waals surface area contributed by atoms with Crippen molar-refractivity contribution in [1.29, 1.82) is 0 Å². The van der Waals surface area contributed by atoms with Crippen molar-refractivity contribution in [2.24, 2.45) is 0 Å². The maximum Gasteiger partial charge on any atom is 0.264 e. The van der Waals surface area contributed by atoms with E-state index in [9.17, 15) is 9.18 Å². The van der Waals surface area contributed by atoms with Gasteiger partial charge in [0.15, 0.2) is 0 Å². The maximum atomic E-state index is 12.9. The van der Waals surface area contributed by atoms with E-state index < -0.39 is 5.82 Å². The van der Waals surface area contributed by atoms with E-state index in [1.54, 1.807) is 12.1 Å². The predicted molar refractivity (Wildman–Crippen MR) is 54.7 cm³/mol. The van der Waals surface area contributed by atoms with Crippen molar-refractivity contribution in [2.45, 2.75) is 0 Å². The van der Waals surface area contributed by atoms with Gasteiger partial charge in [0.25, 0.3) is 5.56 Å². The molecule has 0 unspecified atom stereocenters. The number of nitrogens with one attached hydrogen (secondary N) is 1. The lowest BCUT2D eigenvalue weighted by Gasteiger charge is -2.01. The van der Waals surface area contributed by atoms with Crippen molar-refractivity contribution < 1.29 is 4.39 Å². The number of aromatic amines is 1. The quantitative estimate of drug-likeness (QED) is 0.686. The molecule has 1 aromatic carbocycles. The Hall–Kier alpha value is -2.17. The topological polar surface area (TPSA) is 71.8 Å².